The lowest BCUT2D eigenvalue weighted by Crippen LogP contribution is -2.52. The number of carbonyl (C=O) groups is 1. The number of rotatable bonds is 4. The SMILES string of the molecule is CCC(=O)C(C)N1CCN(C)CC1c1ccccc1. The van der Waals surface area contributed by atoms with Gasteiger partial charge in [-0.3, -0.25) is 9.69 Å². The number of nitrogens with zero attached hydrogens (tertiary/aromatic N) is 2. The van der Waals surface area contributed by atoms with Gasteiger partial charge in [-0.25, -0.2) is 0 Å². The summed E-state index contributed by atoms with van der Waals surface area (Å²) in [6.07, 6.45) is 0.620. The predicted octanol–water partition coefficient (Wildman–Crippen LogP) is 2.34. The number of Topliss-reactive ketones (excluding diaryl/α,β-unsaturated/α-hetero) is 1. The zero-order chi connectivity index (χ0) is 13.8. The molecule has 2 rings (SSSR count). The van der Waals surface area contributed by atoms with Gasteiger partial charge in [0, 0.05) is 32.1 Å². The molecule has 1 aromatic carbocycles. The van der Waals surface area contributed by atoms with Crippen LogP contribution in [0.2, 0.25) is 0 Å². The molecule has 0 saturated carbocycles. The topological polar surface area (TPSA) is 23.6 Å². The van der Waals surface area contributed by atoms with Crippen LogP contribution in [0.1, 0.15) is 31.9 Å². The molecule has 0 amide bonds. The summed E-state index contributed by atoms with van der Waals surface area (Å²) in [6.45, 7) is 6.98. The molecule has 0 bridgehead atoms. The first-order valence-corrected chi connectivity index (χ1v) is 7.15. The van der Waals surface area contributed by atoms with E-state index in [1.54, 1.807) is 0 Å². The summed E-state index contributed by atoms with van der Waals surface area (Å²) in [5, 5.41) is 0. The van der Waals surface area contributed by atoms with E-state index in [0.29, 0.717) is 18.2 Å². The summed E-state index contributed by atoms with van der Waals surface area (Å²) >= 11 is 0. The molecule has 1 fully saturated rings. The minimum atomic E-state index is 0.0175. The Kier molecular flexibility index (Phi) is 4.72. The van der Waals surface area contributed by atoms with E-state index in [4.69, 9.17) is 0 Å². The van der Waals surface area contributed by atoms with Crippen molar-refractivity contribution < 1.29 is 4.79 Å². The molecule has 0 spiro atoms. The predicted molar refractivity (Wildman–Crippen MR) is 78.1 cm³/mol. The summed E-state index contributed by atoms with van der Waals surface area (Å²) in [7, 11) is 2.15. The summed E-state index contributed by atoms with van der Waals surface area (Å²) in [5.74, 6) is 0.338. The van der Waals surface area contributed by atoms with Crippen LogP contribution in [0, 0.1) is 0 Å². The molecule has 1 aliphatic heterocycles. The largest absolute Gasteiger partial charge is 0.303 e. The molecule has 19 heavy (non-hydrogen) atoms. The molecule has 0 aromatic heterocycles. The highest BCUT2D eigenvalue weighted by Gasteiger charge is 2.32. The number of benzene rings is 1. The Balaban J connectivity index is 2.22. The van der Waals surface area contributed by atoms with E-state index in [-0.39, 0.29) is 6.04 Å². The van der Waals surface area contributed by atoms with Crippen LogP contribution in [0.5, 0.6) is 0 Å². The van der Waals surface area contributed by atoms with Crippen molar-refractivity contribution in [2.24, 2.45) is 0 Å². The molecule has 1 aromatic rings. The highest BCUT2D eigenvalue weighted by atomic mass is 16.1. The minimum Gasteiger partial charge on any atom is -0.303 e. The zero-order valence-electron chi connectivity index (χ0n) is 12.2. The number of hydrogen-bond donors (Lipinski definition) is 0. The van der Waals surface area contributed by atoms with E-state index in [2.05, 4.69) is 41.1 Å². The second-order valence-electron chi connectivity index (χ2n) is 5.42. The molecule has 1 heterocycles. The molecule has 1 aliphatic rings. The number of hydrogen-bond acceptors (Lipinski definition) is 3. The molecular formula is C16H24N2O. The van der Waals surface area contributed by atoms with Gasteiger partial charge in [0.15, 0.2) is 0 Å². The van der Waals surface area contributed by atoms with Crippen LogP contribution in [0.4, 0.5) is 0 Å². The summed E-state index contributed by atoms with van der Waals surface area (Å²) in [5.41, 5.74) is 1.31. The van der Waals surface area contributed by atoms with Crippen LogP contribution in [0.3, 0.4) is 0 Å². The lowest BCUT2D eigenvalue weighted by molar-refractivity contribution is -0.125. The third-order valence-electron chi connectivity index (χ3n) is 4.12. The van der Waals surface area contributed by atoms with Crippen molar-refractivity contribution >= 4 is 5.78 Å². The maximum absolute atomic E-state index is 12.0. The van der Waals surface area contributed by atoms with Gasteiger partial charge < -0.3 is 4.90 Å². The molecule has 2 atom stereocenters. The van der Waals surface area contributed by atoms with Gasteiger partial charge in [0.2, 0.25) is 0 Å². The summed E-state index contributed by atoms with van der Waals surface area (Å²) in [4.78, 5) is 16.7. The van der Waals surface area contributed by atoms with Crippen LogP contribution in [-0.2, 0) is 4.79 Å². The van der Waals surface area contributed by atoms with E-state index < -0.39 is 0 Å². The average Bonchev–Trinajstić information content (AvgIpc) is 2.46. The molecular weight excluding hydrogens is 236 g/mol. The van der Waals surface area contributed by atoms with E-state index in [1.807, 2.05) is 19.9 Å². The molecule has 0 N–H and O–H groups in total. The Morgan fingerprint density at radius 3 is 2.63 bits per heavy atom. The Bertz CT molecular complexity index is 418. The highest BCUT2D eigenvalue weighted by molar-refractivity contribution is 5.83. The van der Waals surface area contributed by atoms with Crippen LogP contribution in [0.25, 0.3) is 0 Å². The number of likely N-dealkylation sites (N-methyl/N-ethyl adjacent to an activating group) is 1. The van der Waals surface area contributed by atoms with Crippen LogP contribution in [0.15, 0.2) is 30.3 Å². The van der Waals surface area contributed by atoms with Crippen molar-refractivity contribution in [2.75, 3.05) is 26.7 Å². The van der Waals surface area contributed by atoms with Crippen molar-refractivity contribution in [3.05, 3.63) is 35.9 Å². The van der Waals surface area contributed by atoms with Crippen LogP contribution >= 0.6 is 0 Å². The van der Waals surface area contributed by atoms with Gasteiger partial charge >= 0.3 is 0 Å². The van der Waals surface area contributed by atoms with Gasteiger partial charge in [-0.1, -0.05) is 37.3 Å². The fraction of sp³-hybridized carbons (Fsp3) is 0.562. The second kappa shape index (κ2) is 6.31. The Morgan fingerprint density at radius 2 is 2.00 bits per heavy atom. The van der Waals surface area contributed by atoms with E-state index in [1.165, 1.54) is 5.56 Å². The standard InChI is InChI=1S/C16H24N2O/c1-4-16(19)13(2)18-11-10-17(3)12-15(18)14-8-6-5-7-9-14/h5-9,13,15H,4,10-12H2,1-3H3. The molecule has 104 valence electrons. The Labute approximate surface area is 116 Å². The maximum Gasteiger partial charge on any atom is 0.149 e. The number of ketones is 1. The lowest BCUT2D eigenvalue weighted by Gasteiger charge is -2.43. The first kappa shape index (κ1) is 14.2. The summed E-state index contributed by atoms with van der Waals surface area (Å²) < 4.78 is 0. The fourth-order valence-corrected chi connectivity index (χ4v) is 2.85. The molecule has 1 saturated heterocycles. The van der Waals surface area contributed by atoms with E-state index in [0.717, 1.165) is 19.6 Å². The monoisotopic (exact) mass is 260 g/mol. The van der Waals surface area contributed by atoms with Gasteiger partial charge in [0.05, 0.1) is 6.04 Å². The van der Waals surface area contributed by atoms with Gasteiger partial charge in [-0.05, 0) is 19.5 Å². The lowest BCUT2D eigenvalue weighted by atomic mass is 9.99. The first-order chi connectivity index (χ1) is 9.13. The minimum absolute atomic E-state index is 0.0175. The first-order valence-electron chi connectivity index (χ1n) is 7.15. The smallest absolute Gasteiger partial charge is 0.149 e. The molecule has 3 nitrogen and oxygen atoms in total. The highest BCUT2D eigenvalue weighted by Crippen LogP contribution is 2.27. The zero-order valence-corrected chi connectivity index (χ0v) is 12.2. The van der Waals surface area contributed by atoms with Gasteiger partial charge in [-0.15, -0.1) is 0 Å². The maximum atomic E-state index is 12.0. The Morgan fingerprint density at radius 1 is 1.32 bits per heavy atom. The number of carbonyl (C=O) groups excluding carboxylic acids is 1. The third-order valence-corrected chi connectivity index (χ3v) is 4.12. The fourth-order valence-electron chi connectivity index (χ4n) is 2.85. The quantitative estimate of drug-likeness (QED) is 0.830. The molecule has 2 unspecified atom stereocenters. The van der Waals surface area contributed by atoms with Crippen LogP contribution in [-0.4, -0.2) is 48.3 Å². The second-order valence-corrected chi connectivity index (χ2v) is 5.42. The van der Waals surface area contributed by atoms with Crippen molar-refractivity contribution in [2.45, 2.75) is 32.4 Å². The van der Waals surface area contributed by atoms with Gasteiger partial charge in [-0.2, -0.15) is 0 Å². The summed E-state index contributed by atoms with van der Waals surface area (Å²) in [6, 6.07) is 10.9. The van der Waals surface area contributed by atoms with Gasteiger partial charge in [0.1, 0.15) is 5.78 Å². The molecule has 0 radical (unpaired) electrons. The van der Waals surface area contributed by atoms with Gasteiger partial charge in [0.25, 0.3) is 0 Å². The van der Waals surface area contributed by atoms with Crippen molar-refractivity contribution in [3.63, 3.8) is 0 Å². The number of piperazine rings is 1. The third kappa shape index (κ3) is 3.23. The van der Waals surface area contributed by atoms with Crippen LogP contribution < -0.4 is 0 Å². The average molecular weight is 260 g/mol. The van der Waals surface area contributed by atoms with E-state index in [9.17, 15) is 4.79 Å². The normalized spacial score (nSPS) is 23.2. The molecule has 3 heteroatoms. The van der Waals surface area contributed by atoms with E-state index >= 15 is 0 Å². The van der Waals surface area contributed by atoms with Crippen molar-refractivity contribution in [1.82, 2.24) is 9.80 Å². The van der Waals surface area contributed by atoms with Crippen molar-refractivity contribution in [1.29, 1.82) is 0 Å². The van der Waals surface area contributed by atoms with Crippen molar-refractivity contribution in [3.8, 4) is 0 Å². The molecule has 0 aliphatic carbocycles. The Hall–Kier alpha value is -1.19.